The van der Waals surface area contributed by atoms with Gasteiger partial charge >= 0.3 is 0 Å². The fourth-order valence-electron chi connectivity index (χ4n) is 4.84. The highest BCUT2D eigenvalue weighted by atomic mass is 16.2. The minimum absolute atomic E-state index is 0.0940. The van der Waals surface area contributed by atoms with Gasteiger partial charge in [0.2, 0.25) is 17.7 Å². The van der Waals surface area contributed by atoms with Crippen LogP contribution in [0.15, 0.2) is 12.2 Å². The van der Waals surface area contributed by atoms with Crippen molar-refractivity contribution in [2.45, 2.75) is 33.6 Å². The smallest absolute Gasteiger partial charge is 0.242 e. The maximum Gasteiger partial charge on any atom is 0.242 e. The molecule has 1 saturated heterocycles. The lowest BCUT2D eigenvalue weighted by molar-refractivity contribution is -0.147. The molecule has 4 atom stereocenters. The van der Waals surface area contributed by atoms with Crippen molar-refractivity contribution in [3.05, 3.63) is 12.2 Å². The summed E-state index contributed by atoms with van der Waals surface area (Å²) in [6.07, 6.45) is 5.98. The molecule has 144 valence electrons. The van der Waals surface area contributed by atoms with E-state index in [4.69, 9.17) is 0 Å². The zero-order chi connectivity index (χ0) is 18.8. The van der Waals surface area contributed by atoms with E-state index in [1.807, 2.05) is 6.92 Å². The quantitative estimate of drug-likeness (QED) is 0.460. The Kier molecular flexibility index (Phi) is 5.80. The number of imide groups is 1. The van der Waals surface area contributed by atoms with Gasteiger partial charge in [0, 0.05) is 13.1 Å². The summed E-state index contributed by atoms with van der Waals surface area (Å²) in [5.41, 5.74) is 0. The summed E-state index contributed by atoms with van der Waals surface area (Å²) >= 11 is 0. The zero-order valence-corrected chi connectivity index (χ0v) is 16.2. The topological polar surface area (TPSA) is 60.9 Å². The van der Waals surface area contributed by atoms with Crippen molar-refractivity contribution in [1.82, 2.24) is 14.7 Å². The zero-order valence-electron chi connectivity index (χ0n) is 16.2. The van der Waals surface area contributed by atoms with Crippen LogP contribution in [-0.2, 0) is 14.4 Å². The third-order valence-electron chi connectivity index (χ3n) is 6.39. The summed E-state index contributed by atoms with van der Waals surface area (Å²) in [7, 11) is 0. The van der Waals surface area contributed by atoms with Crippen LogP contribution in [0, 0.1) is 23.7 Å². The molecule has 3 amide bonds. The minimum atomic E-state index is -0.219. The number of likely N-dealkylation sites (tertiary alicyclic amines) is 1. The molecule has 26 heavy (non-hydrogen) atoms. The maximum absolute atomic E-state index is 12.7. The maximum atomic E-state index is 12.7. The molecule has 0 aromatic rings. The first kappa shape index (κ1) is 19.1. The molecule has 6 heteroatoms. The Morgan fingerprint density at radius 3 is 2.08 bits per heavy atom. The molecule has 2 bridgehead atoms. The summed E-state index contributed by atoms with van der Waals surface area (Å²) in [6.45, 7) is 10.4. The molecule has 3 aliphatic rings. The Morgan fingerprint density at radius 1 is 1.00 bits per heavy atom. The summed E-state index contributed by atoms with van der Waals surface area (Å²) < 4.78 is 0. The second kappa shape index (κ2) is 7.91. The predicted molar refractivity (Wildman–Crippen MR) is 99.1 cm³/mol. The molecule has 1 saturated carbocycles. The lowest BCUT2D eigenvalue weighted by Gasteiger charge is -2.25. The molecule has 0 aromatic heterocycles. The molecule has 0 radical (unpaired) electrons. The minimum Gasteiger partial charge on any atom is -0.341 e. The molecule has 1 aliphatic heterocycles. The van der Waals surface area contributed by atoms with Crippen LogP contribution in [0.5, 0.6) is 0 Å². The van der Waals surface area contributed by atoms with Gasteiger partial charge < -0.3 is 9.80 Å². The van der Waals surface area contributed by atoms with E-state index in [1.54, 1.807) is 4.90 Å². The largest absolute Gasteiger partial charge is 0.341 e. The number of hydrogen-bond donors (Lipinski definition) is 0. The lowest BCUT2D eigenvalue weighted by Crippen LogP contribution is -2.44. The first-order chi connectivity index (χ1) is 12.5. The average molecular weight is 361 g/mol. The molecule has 1 heterocycles. The fourth-order valence-corrected chi connectivity index (χ4v) is 4.84. The third-order valence-corrected chi connectivity index (χ3v) is 6.39. The predicted octanol–water partition coefficient (Wildman–Crippen LogP) is 1.37. The van der Waals surface area contributed by atoms with Crippen LogP contribution < -0.4 is 0 Å². The van der Waals surface area contributed by atoms with Gasteiger partial charge in [0.15, 0.2) is 0 Å². The average Bonchev–Trinajstić information content (AvgIpc) is 3.32. The molecule has 2 aliphatic carbocycles. The Morgan fingerprint density at radius 2 is 1.58 bits per heavy atom. The molecule has 2 fully saturated rings. The van der Waals surface area contributed by atoms with E-state index < -0.39 is 0 Å². The van der Waals surface area contributed by atoms with Gasteiger partial charge in [0.1, 0.15) is 6.54 Å². The van der Waals surface area contributed by atoms with Crippen molar-refractivity contribution in [3.63, 3.8) is 0 Å². The number of fused-ring (bicyclic) bond motifs is 5. The van der Waals surface area contributed by atoms with E-state index in [0.717, 1.165) is 32.5 Å². The van der Waals surface area contributed by atoms with Gasteiger partial charge in [-0.15, -0.1) is 0 Å². The van der Waals surface area contributed by atoms with Gasteiger partial charge in [-0.05, 0) is 51.2 Å². The highest BCUT2D eigenvalue weighted by molar-refractivity contribution is 6.08. The number of carbonyl (C=O) groups is 3. The second-order valence-electron chi connectivity index (χ2n) is 7.62. The Balaban J connectivity index is 1.55. The second-order valence-corrected chi connectivity index (χ2v) is 7.62. The molecule has 0 N–H and O–H groups in total. The normalized spacial score (nSPS) is 29.2. The van der Waals surface area contributed by atoms with Crippen LogP contribution in [0.25, 0.3) is 0 Å². The van der Waals surface area contributed by atoms with Gasteiger partial charge in [-0.1, -0.05) is 26.0 Å². The molecule has 0 aromatic carbocycles. The molecule has 0 unspecified atom stereocenters. The summed E-state index contributed by atoms with van der Waals surface area (Å²) in [5, 5.41) is 0. The van der Waals surface area contributed by atoms with Crippen molar-refractivity contribution >= 4 is 17.7 Å². The SMILES string of the molecule is CCN(CC)CCCN(CC)C(=O)CN1C(=O)[C@H]2[C@H](C1=O)[C@H]1C=C[C@H]2C1. The molecule has 6 nitrogen and oxygen atoms in total. The molecular formula is C20H31N3O3. The standard InChI is InChI=1S/C20H31N3O3/c1-4-21(5-2)10-7-11-22(6-3)16(24)13-23-19(25)17-14-8-9-15(12-14)18(17)20(23)26/h8-9,14-15,17-18H,4-7,10-13H2,1-3H3/t14-,15-,17+,18+/m0/s1. The van der Waals surface area contributed by atoms with Crippen LogP contribution in [-0.4, -0.2) is 71.7 Å². The summed E-state index contributed by atoms with van der Waals surface area (Å²) in [5.74, 6) is -0.440. The Bertz CT molecular complexity index is 569. The molecular weight excluding hydrogens is 330 g/mol. The number of nitrogens with zero attached hydrogens (tertiary/aromatic N) is 3. The van der Waals surface area contributed by atoms with Crippen LogP contribution in [0.1, 0.15) is 33.6 Å². The summed E-state index contributed by atoms with van der Waals surface area (Å²) in [4.78, 5) is 43.4. The number of likely N-dealkylation sites (N-methyl/N-ethyl adjacent to an activating group) is 1. The number of amides is 3. The Hall–Kier alpha value is -1.69. The molecule has 3 rings (SSSR count). The lowest BCUT2D eigenvalue weighted by atomic mass is 9.85. The van der Waals surface area contributed by atoms with Gasteiger partial charge in [-0.25, -0.2) is 0 Å². The highest BCUT2D eigenvalue weighted by Crippen LogP contribution is 2.52. The highest BCUT2D eigenvalue weighted by Gasteiger charge is 2.59. The first-order valence-electron chi connectivity index (χ1n) is 10.0. The van der Waals surface area contributed by atoms with Crippen molar-refractivity contribution < 1.29 is 14.4 Å². The van der Waals surface area contributed by atoms with Crippen LogP contribution in [0.4, 0.5) is 0 Å². The fraction of sp³-hybridized carbons (Fsp3) is 0.750. The number of rotatable bonds is 9. The van der Waals surface area contributed by atoms with Crippen molar-refractivity contribution in [1.29, 1.82) is 0 Å². The van der Waals surface area contributed by atoms with Crippen molar-refractivity contribution in [2.75, 3.05) is 39.3 Å². The summed E-state index contributed by atoms with van der Waals surface area (Å²) in [6, 6.07) is 0. The van der Waals surface area contributed by atoms with Crippen LogP contribution >= 0.6 is 0 Å². The third kappa shape index (κ3) is 3.31. The van der Waals surface area contributed by atoms with Crippen LogP contribution in [0.2, 0.25) is 0 Å². The van der Waals surface area contributed by atoms with E-state index >= 15 is 0 Å². The van der Waals surface area contributed by atoms with E-state index in [0.29, 0.717) is 13.1 Å². The van der Waals surface area contributed by atoms with Crippen LogP contribution in [0.3, 0.4) is 0 Å². The number of allylic oxidation sites excluding steroid dienone is 2. The number of carbonyl (C=O) groups excluding carboxylic acids is 3. The van der Waals surface area contributed by atoms with Gasteiger partial charge in [-0.3, -0.25) is 19.3 Å². The van der Waals surface area contributed by atoms with Crippen molar-refractivity contribution in [3.8, 4) is 0 Å². The first-order valence-corrected chi connectivity index (χ1v) is 10.0. The Labute approximate surface area is 156 Å². The van der Waals surface area contributed by atoms with E-state index in [2.05, 4.69) is 30.9 Å². The van der Waals surface area contributed by atoms with Gasteiger partial charge in [-0.2, -0.15) is 0 Å². The van der Waals surface area contributed by atoms with Crippen molar-refractivity contribution in [2.24, 2.45) is 23.7 Å². The van der Waals surface area contributed by atoms with E-state index in [9.17, 15) is 14.4 Å². The number of hydrogen-bond acceptors (Lipinski definition) is 4. The van der Waals surface area contributed by atoms with E-state index in [1.165, 1.54) is 4.90 Å². The van der Waals surface area contributed by atoms with E-state index in [-0.39, 0.29) is 47.9 Å². The van der Waals surface area contributed by atoms with Gasteiger partial charge in [0.05, 0.1) is 11.8 Å². The molecule has 0 spiro atoms. The monoisotopic (exact) mass is 361 g/mol. The van der Waals surface area contributed by atoms with Gasteiger partial charge in [0.25, 0.3) is 0 Å².